The van der Waals surface area contributed by atoms with Crippen molar-refractivity contribution in [3.63, 3.8) is 0 Å². The summed E-state index contributed by atoms with van der Waals surface area (Å²) in [5, 5.41) is 6.55. The van der Waals surface area contributed by atoms with Gasteiger partial charge in [-0.05, 0) is 25.1 Å². The summed E-state index contributed by atoms with van der Waals surface area (Å²) in [6.45, 7) is 3.13. The topological polar surface area (TPSA) is 61.6 Å². The monoisotopic (exact) mass is 388 g/mol. The standard InChI is InChI=1S/C16H16ClF3N4O2/c1-10-8-14(22-26-10)21-15(25)24-6-4-23(5-7-24)13-9-11(16(18,19)20)2-3-12(13)17/h2-3,8-9H,4-7H2,1H3,(H,21,22,25). The molecule has 140 valence electrons. The second-order valence-corrected chi connectivity index (χ2v) is 6.30. The van der Waals surface area contributed by atoms with Crippen LogP contribution in [0.15, 0.2) is 28.8 Å². The number of halogens is 4. The first-order valence-electron chi connectivity index (χ1n) is 7.85. The van der Waals surface area contributed by atoms with Crippen LogP contribution in [-0.4, -0.2) is 42.3 Å². The quantitative estimate of drug-likeness (QED) is 0.844. The molecule has 0 aliphatic carbocycles. The van der Waals surface area contributed by atoms with Crippen molar-refractivity contribution in [1.29, 1.82) is 0 Å². The molecule has 1 aromatic carbocycles. The van der Waals surface area contributed by atoms with E-state index in [2.05, 4.69) is 10.5 Å². The van der Waals surface area contributed by atoms with Crippen LogP contribution in [0, 0.1) is 6.92 Å². The summed E-state index contributed by atoms with van der Waals surface area (Å²) >= 11 is 6.07. The molecular formula is C16H16ClF3N4O2. The highest BCUT2D eigenvalue weighted by Crippen LogP contribution is 2.35. The van der Waals surface area contributed by atoms with E-state index >= 15 is 0 Å². The van der Waals surface area contributed by atoms with Crippen LogP contribution >= 0.6 is 11.6 Å². The van der Waals surface area contributed by atoms with Gasteiger partial charge in [-0.25, -0.2) is 4.79 Å². The van der Waals surface area contributed by atoms with E-state index in [1.54, 1.807) is 22.8 Å². The highest BCUT2D eigenvalue weighted by atomic mass is 35.5. The molecule has 1 fully saturated rings. The molecule has 1 N–H and O–H groups in total. The molecule has 6 nitrogen and oxygen atoms in total. The molecule has 2 amide bonds. The van der Waals surface area contributed by atoms with E-state index in [0.717, 1.165) is 12.1 Å². The summed E-state index contributed by atoms with van der Waals surface area (Å²) in [5.74, 6) is 0.889. The van der Waals surface area contributed by atoms with Gasteiger partial charge < -0.3 is 14.3 Å². The molecule has 0 atom stereocenters. The average molecular weight is 389 g/mol. The van der Waals surface area contributed by atoms with Gasteiger partial charge in [-0.1, -0.05) is 16.8 Å². The van der Waals surface area contributed by atoms with Gasteiger partial charge in [0, 0.05) is 32.2 Å². The number of nitrogens with zero attached hydrogens (tertiary/aromatic N) is 3. The zero-order valence-corrected chi connectivity index (χ0v) is 14.6. The maximum atomic E-state index is 12.9. The van der Waals surface area contributed by atoms with Crippen molar-refractivity contribution in [3.8, 4) is 0 Å². The third-order valence-corrected chi connectivity index (χ3v) is 4.36. The van der Waals surface area contributed by atoms with E-state index in [9.17, 15) is 18.0 Å². The van der Waals surface area contributed by atoms with Crippen molar-refractivity contribution in [1.82, 2.24) is 10.1 Å². The fourth-order valence-electron chi connectivity index (χ4n) is 2.70. The Morgan fingerprint density at radius 1 is 1.23 bits per heavy atom. The lowest BCUT2D eigenvalue weighted by Gasteiger charge is -2.36. The number of anilines is 2. The average Bonchev–Trinajstić information content (AvgIpc) is 2.99. The van der Waals surface area contributed by atoms with E-state index in [-0.39, 0.29) is 11.1 Å². The van der Waals surface area contributed by atoms with E-state index in [4.69, 9.17) is 16.1 Å². The molecular weight excluding hydrogens is 373 g/mol. The number of hydrogen-bond acceptors (Lipinski definition) is 4. The van der Waals surface area contributed by atoms with Crippen LogP contribution in [0.1, 0.15) is 11.3 Å². The fraction of sp³-hybridized carbons (Fsp3) is 0.375. The lowest BCUT2D eigenvalue weighted by molar-refractivity contribution is -0.137. The third-order valence-electron chi connectivity index (χ3n) is 4.04. The summed E-state index contributed by atoms with van der Waals surface area (Å²) < 4.78 is 43.6. The Morgan fingerprint density at radius 3 is 2.50 bits per heavy atom. The molecule has 3 rings (SSSR count). The first kappa shape index (κ1) is 18.4. The number of aromatic nitrogens is 1. The molecule has 1 aliphatic rings. The van der Waals surface area contributed by atoms with Gasteiger partial charge in [-0.3, -0.25) is 5.32 Å². The van der Waals surface area contributed by atoms with Crippen molar-refractivity contribution in [2.24, 2.45) is 0 Å². The minimum atomic E-state index is -4.43. The lowest BCUT2D eigenvalue weighted by atomic mass is 10.1. The third kappa shape index (κ3) is 4.04. The van der Waals surface area contributed by atoms with Crippen LogP contribution in [0.5, 0.6) is 0 Å². The predicted molar refractivity (Wildman–Crippen MR) is 90.5 cm³/mol. The Bertz CT molecular complexity index is 801. The molecule has 26 heavy (non-hydrogen) atoms. The van der Waals surface area contributed by atoms with Crippen molar-refractivity contribution in [2.45, 2.75) is 13.1 Å². The first-order chi connectivity index (χ1) is 12.2. The molecule has 0 radical (unpaired) electrons. The van der Waals surface area contributed by atoms with Crippen LogP contribution in [0.4, 0.5) is 29.5 Å². The molecule has 2 aromatic rings. The van der Waals surface area contributed by atoms with Gasteiger partial charge in [0.25, 0.3) is 0 Å². The summed E-state index contributed by atoms with van der Waals surface area (Å²) in [7, 11) is 0. The molecule has 1 aliphatic heterocycles. The zero-order valence-electron chi connectivity index (χ0n) is 13.8. The van der Waals surface area contributed by atoms with Gasteiger partial charge in [-0.2, -0.15) is 13.2 Å². The Balaban J connectivity index is 1.64. The number of urea groups is 1. The van der Waals surface area contributed by atoms with Gasteiger partial charge >= 0.3 is 12.2 Å². The van der Waals surface area contributed by atoms with Gasteiger partial charge in [0.2, 0.25) is 0 Å². The number of carbonyl (C=O) groups excluding carboxylic acids is 1. The van der Waals surface area contributed by atoms with Crippen molar-refractivity contribution < 1.29 is 22.5 Å². The number of amides is 2. The van der Waals surface area contributed by atoms with Crippen LogP contribution in [0.2, 0.25) is 5.02 Å². The van der Waals surface area contributed by atoms with Gasteiger partial charge in [0.1, 0.15) is 5.76 Å². The van der Waals surface area contributed by atoms with Crippen molar-refractivity contribution in [3.05, 3.63) is 40.6 Å². The highest BCUT2D eigenvalue weighted by molar-refractivity contribution is 6.33. The van der Waals surface area contributed by atoms with Crippen molar-refractivity contribution in [2.75, 3.05) is 36.4 Å². The maximum Gasteiger partial charge on any atom is 0.416 e. The summed E-state index contributed by atoms with van der Waals surface area (Å²) in [4.78, 5) is 15.5. The summed E-state index contributed by atoms with van der Waals surface area (Å²) in [6, 6.07) is 4.49. The van der Waals surface area contributed by atoms with Gasteiger partial charge in [0.15, 0.2) is 5.82 Å². The van der Waals surface area contributed by atoms with Crippen molar-refractivity contribution >= 4 is 29.1 Å². The Hall–Kier alpha value is -2.42. The number of carbonyl (C=O) groups is 1. The SMILES string of the molecule is Cc1cc(NC(=O)N2CCN(c3cc(C(F)(F)F)ccc3Cl)CC2)no1. The van der Waals surface area contributed by atoms with Gasteiger partial charge in [-0.15, -0.1) is 0 Å². The van der Waals surface area contributed by atoms with E-state index in [1.807, 2.05) is 0 Å². The number of nitrogens with one attached hydrogen (secondary N) is 1. The highest BCUT2D eigenvalue weighted by Gasteiger charge is 2.32. The molecule has 0 spiro atoms. The number of benzene rings is 1. The van der Waals surface area contributed by atoms with E-state index in [1.165, 1.54) is 6.07 Å². The number of alkyl halides is 3. The molecule has 0 bridgehead atoms. The minimum Gasteiger partial charge on any atom is -0.367 e. The summed E-state index contributed by atoms with van der Waals surface area (Å²) in [5.41, 5.74) is -0.438. The minimum absolute atomic E-state index is 0.244. The first-order valence-corrected chi connectivity index (χ1v) is 8.23. The number of piperazine rings is 1. The lowest BCUT2D eigenvalue weighted by Crippen LogP contribution is -2.50. The molecule has 0 saturated carbocycles. The molecule has 0 unspecified atom stereocenters. The molecule has 1 aromatic heterocycles. The summed E-state index contributed by atoms with van der Waals surface area (Å²) in [6.07, 6.45) is -4.43. The largest absolute Gasteiger partial charge is 0.416 e. The molecule has 2 heterocycles. The zero-order chi connectivity index (χ0) is 18.9. The smallest absolute Gasteiger partial charge is 0.367 e. The second-order valence-electron chi connectivity index (χ2n) is 5.89. The maximum absolute atomic E-state index is 12.9. The predicted octanol–water partition coefficient (Wildman–Crippen LogP) is 4.01. The number of hydrogen-bond donors (Lipinski definition) is 1. The molecule has 10 heteroatoms. The van der Waals surface area contributed by atoms with Crippen LogP contribution < -0.4 is 10.2 Å². The van der Waals surface area contributed by atoms with E-state index in [0.29, 0.717) is 43.4 Å². The number of aryl methyl sites for hydroxylation is 1. The molecule has 1 saturated heterocycles. The van der Waals surface area contributed by atoms with Crippen LogP contribution in [-0.2, 0) is 6.18 Å². The number of rotatable bonds is 2. The fourth-order valence-corrected chi connectivity index (χ4v) is 2.93. The van der Waals surface area contributed by atoms with Gasteiger partial charge in [0.05, 0.1) is 16.3 Å². The normalized spacial score (nSPS) is 15.3. The Kier molecular flexibility index (Phi) is 4.99. The van der Waals surface area contributed by atoms with Crippen LogP contribution in [0.25, 0.3) is 0 Å². The Labute approximate surface area is 152 Å². The van der Waals surface area contributed by atoms with E-state index < -0.39 is 11.7 Å². The van der Waals surface area contributed by atoms with Crippen LogP contribution in [0.3, 0.4) is 0 Å². The Morgan fingerprint density at radius 2 is 1.92 bits per heavy atom. The second kappa shape index (κ2) is 7.06.